The normalized spacial score (nSPS) is 17.6. The standard InChI is InChI=1S/C21H36N4O2/c1-4-22-21(23-12-7-13-25-14-10-19(26)11-15-25)24-16-18(3)27-20-9-6-5-8-17(20)2/h5-6,8-9,18-19,26H,4,7,10-16H2,1-3H3,(H2,22,23,24). The Kier molecular flexibility index (Phi) is 9.42. The molecule has 1 atom stereocenters. The van der Waals surface area contributed by atoms with E-state index < -0.39 is 0 Å². The van der Waals surface area contributed by atoms with Gasteiger partial charge in [-0.1, -0.05) is 18.2 Å². The number of guanidine groups is 1. The minimum atomic E-state index is -0.101. The van der Waals surface area contributed by atoms with Crippen molar-refractivity contribution in [2.75, 3.05) is 39.3 Å². The lowest BCUT2D eigenvalue weighted by Gasteiger charge is -2.29. The monoisotopic (exact) mass is 376 g/mol. The fourth-order valence-electron chi connectivity index (χ4n) is 3.16. The molecular formula is C21H36N4O2. The Bertz CT molecular complexity index is 571. The Hall–Kier alpha value is -1.79. The van der Waals surface area contributed by atoms with E-state index >= 15 is 0 Å². The zero-order valence-electron chi connectivity index (χ0n) is 17.1. The summed E-state index contributed by atoms with van der Waals surface area (Å²) in [5, 5.41) is 16.3. The van der Waals surface area contributed by atoms with Crippen LogP contribution >= 0.6 is 0 Å². The number of aryl methyl sites for hydroxylation is 1. The van der Waals surface area contributed by atoms with Gasteiger partial charge >= 0.3 is 0 Å². The van der Waals surface area contributed by atoms with Crippen molar-refractivity contribution >= 4 is 5.96 Å². The molecule has 1 aliphatic rings. The van der Waals surface area contributed by atoms with E-state index in [0.717, 1.165) is 69.3 Å². The summed E-state index contributed by atoms with van der Waals surface area (Å²) in [6, 6.07) is 8.07. The zero-order chi connectivity index (χ0) is 19.5. The summed E-state index contributed by atoms with van der Waals surface area (Å²) < 4.78 is 6.00. The number of likely N-dealkylation sites (tertiary alicyclic amines) is 1. The zero-order valence-corrected chi connectivity index (χ0v) is 17.1. The molecule has 0 aliphatic carbocycles. The van der Waals surface area contributed by atoms with E-state index in [-0.39, 0.29) is 12.2 Å². The van der Waals surface area contributed by atoms with Gasteiger partial charge in [0.15, 0.2) is 5.96 Å². The van der Waals surface area contributed by atoms with Crippen molar-refractivity contribution in [1.29, 1.82) is 0 Å². The molecule has 1 aliphatic heterocycles. The van der Waals surface area contributed by atoms with E-state index in [2.05, 4.69) is 40.4 Å². The highest BCUT2D eigenvalue weighted by Crippen LogP contribution is 2.17. The lowest BCUT2D eigenvalue weighted by molar-refractivity contribution is 0.0823. The first-order valence-electron chi connectivity index (χ1n) is 10.2. The maximum Gasteiger partial charge on any atom is 0.191 e. The molecular weight excluding hydrogens is 340 g/mol. The Labute approximate surface area is 164 Å². The van der Waals surface area contributed by atoms with Crippen LogP contribution in [0.4, 0.5) is 0 Å². The van der Waals surface area contributed by atoms with E-state index in [0.29, 0.717) is 6.54 Å². The molecule has 0 aromatic heterocycles. The molecule has 27 heavy (non-hydrogen) atoms. The number of aliphatic hydroxyl groups excluding tert-OH is 1. The summed E-state index contributed by atoms with van der Waals surface area (Å²) in [5.41, 5.74) is 1.14. The highest BCUT2D eigenvalue weighted by atomic mass is 16.5. The topological polar surface area (TPSA) is 69.1 Å². The van der Waals surface area contributed by atoms with Gasteiger partial charge in [-0.25, -0.2) is 4.99 Å². The summed E-state index contributed by atoms with van der Waals surface area (Å²) in [4.78, 5) is 7.08. The smallest absolute Gasteiger partial charge is 0.191 e. The molecule has 0 spiro atoms. The van der Waals surface area contributed by atoms with Crippen LogP contribution in [0.2, 0.25) is 0 Å². The molecule has 1 aromatic rings. The first-order chi connectivity index (χ1) is 13.1. The van der Waals surface area contributed by atoms with Crippen LogP contribution in [0, 0.1) is 6.92 Å². The average molecular weight is 377 g/mol. The van der Waals surface area contributed by atoms with Crippen LogP contribution in [0.1, 0.15) is 38.7 Å². The second-order valence-corrected chi connectivity index (χ2v) is 7.27. The van der Waals surface area contributed by atoms with Crippen molar-refractivity contribution in [3.05, 3.63) is 29.8 Å². The summed E-state index contributed by atoms with van der Waals surface area (Å²) in [6.07, 6.45) is 2.78. The van der Waals surface area contributed by atoms with E-state index in [4.69, 9.17) is 4.74 Å². The summed E-state index contributed by atoms with van der Waals surface area (Å²) >= 11 is 0. The molecule has 6 heteroatoms. The third-order valence-electron chi connectivity index (χ3n) is 4.77. The maximum atomic E-state index is 9.57. The fraction of sp³-hybridized carbons (Fsp3) is 0.667. The Balaban J connectivity index is 1.70. The summed E-state index contributed by atoms with van der Waals surface area (Å²) in [7, 11) is 0. The molecule has 0 radical (unpaired) electrons. The SMILES string of the molecule is CCNC(=NCC(C)Oc1ccccc1C)NCCCN1CCC(O)CC1. The van der Waals surface area contributed by atoms with Crippen LogP contribution < -0.4 is 15.4 Å². The Morgan fingerprint density at radius 3 is 2.74 bits per heavy atom. The average Bonchev–Trinajstić information content (AvgIpc) is 2.66. The van der Waals surface area contributed by atoms with Crippen LogP contribution in [0.25, 0.3) is 0 Å². The third kappa shape index (κ3) is 8.18. The molecule has 0 saturated carbocycles. The van der Waals surface area contributed by atoms with Crippen LogP contribution in [-0.4, -0.2) is 67.4 Å². The number of hydrogen-bond donors (Lipinski definition) is 3. The largest absolute Gasteiger partial charge is 0.489 e. The van der Waals surface area contributed by atoms with E-state index in [1.165, 1.54) is 0 Å². The van der Waals surface area contributed by atoms with Crippen molar-refractivity contribution in [3.8, 4) is 5.75 Å². The van der Waals surface area contributed by atoms with Crippen LogP contribution in [-0.2, 0) is 0 Å². The molecule has 1 heterocycles. The van der Waals surface area contributed by atoms with Gasteiger partial charge in [0, 0.05) is 26.2 Å². The van der Waals surface area contributed by atoms with Gasteiger partial charge in [-0.2, -0.15) is 0 Å². The molecule has 152 valence electrons. The van der Waals surface area contributed by atoms with Crippen molar-refractivity contribution < 1.29 is 9.84 Å². The van der Waals surface area contributed by atoms with Crippen molar-refractivity contribution in [3.63, 3.8) is 0 Å². The molecule has 2 rings (SSSR count). The van der Waals surface area contributed by atoms with E-state index in [9.17, 15) is 5.11 Å². The Morgan fingerprint density at radius 2 is 2.04 bits per heavy atom. The van der Waals surface area contributed by atoms with Gasteiger partial charge in [0.25, 0.3) is 0 Å². The molecule has 0 bridgehead atoms. The molecule has 3 N–H and O–H groups in total. The van der Waals surface area contributed by atoms with Crippen molar-refractivity contribution in [1.82, 2.24) is 15.5 Å². The summed E-state index contributed by atoms with van der Waals surface area (Å²) in [6.45, 7) is 11.6. The third-order valence-corrected chi connectivity index (χ3v) is 4.77. The van der Waals surface area contributed by atoms with Gasteiger partial charge in [-0.05, 0) is 58.2 Å². The van der Waals surface area contributed by atoms with Crippen molar-refractivity contribution in [2.45, 2.75) is 52.2 Å². The number of aliphatic hydroxyl groups is 1. The fourth-order valence-corrected chi connectivity index (χ4v) is 3.16. The minimum Gasteiger partial charge on any atom is -0.489 e. The number of para-hydroxylation sites is 1. The quantitative estimate of drug-likeness (QED) is 0.350. The second kappa shape index (κ2) is 11.8. The molecule has 0 amide bonds. The predicted octanol–water partition coefficient (Wildman–Crippen LogP) is 2.16. The van der Waals surface area contributed by atoms with Gasteiger partial charge < -0.3 is 25.4 Å². The van der Waals surface area contributed by atoms with Gasteiger partial charge in [-0.15, -0.1) is 0 Å². The van der Waals surface area contributed by atoms with Crippen molar-refractivity contribution in [2.24, 2.45) is 4.99 Å². The lowest BCUT2D eigenvalue weighted by Crippen LogP contribution is -2.40. The number of nitrogens with zero attached hydrogens (tertiary/aromatic N) is 2. The molecule has 1 saturated heterocycles. The molecule has 1 fully saturated rings. The highest BCUT2D eigenvalue weighted by molar-refractivity contribution is 5.79. The van der Waals surface area contributed by atoms with E-state index in [1.807, 2.05) is 25.1 Å². The lowest BCUT2D eigenvalue weighted by atomic mass is 10.1. The van der Waals surface area contributed by atoms with Crippen LogP contribution in [0.15, 0.2) is 29.3 Å². The molecule has 1 aromatic carbocycles. The Morgan fingerprint density at radius 1 is 1.30 bits per heavy atom. The van der Waals surface area contributed by atoms with Gasteiger partial charge in [-0.3, -0.25) is 0 Å². The minimum absolute atomic E-state index is 0.0151. The first kappa shape index (κ1) is 21.5. The van der Waals surface area contributed by atoms with Crippen LogP contribution in [0.3, 0.4) is 0 Å². The number of ether oxygens (including phenoxy) is 1. The second-order valence-electron chi connectivity index (χ2n) is 7.27. The number of aliphatic imine (C=N–C) groups is 1. The highest BCUT2D eigenvalue weighted by Gasteiger charge is 2.16. The van der Waals surface area contributed by atoms with Gasteiger partial charge in [0.1, 0.15) is 11.9 Å². The predicted molar refractivity (Wildman–Crippen MR) is 112 cm³/mol. The first-order valence-corrected chi connectivity index (χ1v) is 10.2. The molecule has 1 unspecified atom stereocenters. The van der Waals surface area contributed by atoms with Gasteiger partial charge in [0.2, 0.25) is 0 Å². The number of rotatable bonds is 9. The summed E-state index contributed by atoms with van der Waals surface area (Å²) in [5.74, 6) is 1.76. The maximum absolute atomic E-state index is 9.57. The molecule has 6 nitrogen and oxygen atoms in total. The number of nitrogens with one attached hydrogen (secondary N) is 2. The number of benzene rings is 1. The van der Waals surface area contributed by atoms with E-state index in [1.54, 1.807) is 0 Å². The number of hydrogen-bond acceptors (Lipinski definition) is 4. The van der Waals surface area contributed by atoms with Gasteiger partial charge in [0.05, 0.1) is 12.6 Å². The van der Waals surface area contributed by atoms with Crippen LogP contribution in [0.5, 0.6) is 5.75 Å². The number of piperidine rings is 1.